The first-order chi connectivity index (χ1) is 7.54. The van der Waals surface area contributed by atoms with E-state index in [-0.39, 0.29) is 5.69 Å². The molecule has 1 rings (SSSR count). The van der Waals surface area contributed by atoms with E-state index >= 15 is 0 Å². The monoisotopic (exact) mass is 221 g/mol. The lowest BCUT2D eigenvalue weighted by atomic mass is 10.1. The number of carbonyl (C=O) groups is 2. The molecule has 1 aromatic heterocycles. The van der Waals surface area contributed by atoms with Crippen LogP contribution in [0, 0.1) is 6.92 Å². The summed E-state index contributed by atoms with van der Waals surface area (Å²) in [6.45, 7) is 1.71. The molecule has 0 bridgehead atoms. The van der Waals surface area contributed by atoms with Gasteiger partial charge in [0.05, 0.1) is 7.11 Å². The summed E-state index contributed by atoms with van der Waals surface area (Å²) in [5.41, 5.74) is 1.49. The maximum absolute atomic E-state index is 11.2. The van der Waals surface area contributed by atoms with Gasteiger partial charge in [-0.1, -0.05) is 0 Å². The van der Waals surface area contributed by atoms with Gasteiger partial charge in [0.2, 0.25) is 0 Å². The number of nitrogens with zero attached hydrogens (tertiary/aromatic N) is 1. The van der Waals surface area contributed by atoms with E-state index in [1.54, 1.807) is 13.0 Å². The normalized spacial score (nSPS) is 10.4. The van der Waals surface area contributed by atoms with Crippen LogP contribution in [0.1, 0.15) is 21.6 Å². The van der Waals surface area contributed by atoms with E-state index in [4.69, 9.17) is 5.11 Å². The van der Waals surface area contributed by atoms with Gasteiger partial charge in [-0.15, -0.1) is 0 Å². The van der Waals surface area contributed by atoms with Crippen molar-refractivity contribution in [2.24, 2.45) is 0 Å². The SMILES string of the molecule is COC(=O)c1ncc(C=CC(=O)O)cc1C. The average molecular weight is 221 g/mol. The standard InChI is InChI=1S/C11H11NO4/c1-7-5-8(3-4-9(13)14)6-12-10(7)11(15)16-2/h3-6H,1-2H3,(H,13,14). The molecule has 1 N–H and O–H groups in total. The Kier molecular flexibility index (Phi) is 3.77. The van der Waals surface area contributed by atoms with Crippen LogP contribution in [0.2, 0.25) is 0 Å². The van der Waals surface area contributed by atoms with Crippen LogP contribution in [0.15, 0.2) is 18.3 Å². The van der Waals surface area contributed by atoms with Crippen LogP contribution < -0.4 is 0 Å². The van der Waals surface area contributed by atoms with E-state index in [1.807, 2.05) is 0 Å². The second-order valence-corrected chi connectivity index (χ2v) is 3.10. The third-order valence-corrected chi connectivity index (χ3v) is 1.90. The minimum atomic E-state index is -1.03. The quantitative estimate of drug-likeness (QED) is 0.614. The van der Waals surface area contributed by atoms with Crippen molar-refractivity contribution in [3.8, 4) is 0 Å². The molecule has 1 aromatic rings. The van der Waals surface area contributed by atoms with Gasteiger partial charge < -0.3 is 9.84 Å². The Balaban J connectivity index is 2.99. The molecule has 16 heavy (non-hydrogen) atoms. The van der Waals surface area contributed by atoms with Gasteiger partial charge in [-0.05, 0) is 30.2 Å². The Bertz CT molecular complexity index is 451. The number of esters is 1. The van der Waals surface area contributed by atoms with Gasteiger partial charge in [0, 0.05) is 12.3 Å². The third-order valence-electron chi connectivity index (χ3n) is 1.90. The van der Waals surface area contributed by atoms with E-state index in [1.165, 1.54) is 19.4 Å². The minimum absolute atomic E-state index is 0.231. The zero-order valence-electron chi connectivity index (χ0n) is 8.93. The summed E-state index contributed by atoms with van der Waals surface area (Å²) in [7, 11) is 1.28. The number of aryl methyl sites for hydroxylation is 1. The predicted octanol–water partition coefficient (Wildman–Crippen LogP) is 1.27. The number of pyridine rings is 1. The summed E-state index contributed by atoms with van der Waals surface area (Å²) in [6, 6.07) is 1.67. The number of carbonyl (C=O) groups excluding carboxylic acids is 1. The van der Waals surface area contributed by atoms with E-state index < -0.39 is 11.9 Å². The molecular weight excluding hydrogens is 210 g/mol. The van der Waals surface area contributed by atoms with Gasteiger partial charge in [-0.3, -0.25) is 0 Å². The van der Waals surface area contributed by atoms with Crippen molar-refractivity contribution in [2.45, 2.75) is 6.92 Å². The van der Waals surface area contributed by atoms with E-state index in [2.05, 4.69) is 9.72 Å². The number of carboxylic acid groups (broad SMARTS) is 1. The van der Waals surface area contributed by atoms with Crippen molar-refractivity contribution < 1.29 is 19.4 Å². The molecule has 84 valence electrons. The smallest absolute Gasteiger partial charge is 0.356 e. The highest BCUT2D eigenvalue weighted by Crippen LogP contribution is 2.10. The lowest BCUT2D eigenvalue weighted by Crippen LogP contribution is -2.06. The second-order valence-electron chi connectivity index (χ2n) is 3.10. The summed E-state index contributed by atoms with van der Waals surface area (Å²) >= 11 is 0. The third kappa shape index (κ3) is 2.91. The fourth-order valence-corrected chi connectivity index (χ4v) is 1.17. The highest BCUT2D eigenvalue weighted by atomic mass is 16.5. The van der Waals surface area contributed by atoms with Gasteiger partial charge in [-0.2, -0.15) is 0 Å². The van der Waals surface area contributed by atoms with Gasteiger partial charge >= 0.3 is 11.9 Å². The maximum atomic E-state index is 11.2. The number of aliphatic carboxylic acids is 1. The van der Waals surface area contributed by atoms with Crippen molar-refractivity contribution in [3.63, 3.8) is 0 Å². The van der Waals surface area contributed by atoms with Crippen molar-refractivity contribution in [1.29, 1.82) is 0 Å². The number of methoxy groups -OCH3 is 1. The molecule has 0 aliphatic rings. The molecule has 0 aliphatic heterocycles. The first kappa shape index (κ1) is 11.9. The fourth-order valence-electron chi connectivity index (χ4n) is 1.17. The van der Waals surface area contributed by atoms with Crippen LogP contribution in [0.4, 0.5) is 0 Å². The topological polar surface area (TPSA) is 76.5 Å². The molecule has 0 aliphatic carbocycles. The Morgan fingerprint density at radius 3 is 2.69 bits per heavy atom. The molecule has 0 unspecified atom stereocenters. The zero-order chi connectivity index (χ0) is 12.1. The molecule has 5 nitrogen and oxygen atoms in total. The van der Waals surface area contributed by atoms with Gasteiger partial charge in [0.1, 0.15) is 0 Å². The van der Waals surface area contributed by atoms with Gasteiger partial charge in [-0.25, -0.2) is 14.6 Å². The highest BCUT2D eigenvalue weighted by Gasteiger charge is 2.10. The average Bonchev–Trinajstić information content (AvgIpc) is 2.25. The molecule has 0 amide bonds. The molecule has 0 radical (unpaired) electrons. The first-order valence-corrected chi connectivity index (χ1v) is 4.50. The van der Waals surface area contributed by atoms with E-state index in [0.29, 0.717) is 11.1 Å². The molecule has 0 saturated heterocycles. The summed E-state index contributed by atoms with van der Waals surface area (Å²) in [6.07, 6.45) is 3.83. The fraction of sp³-hybridized carbons (Fsp3) is 0.182. The lowest BCUT2D eigenvalue weighted by Gasteiger charge is -2.03. The van der Waals surface area contributed by atoms with Crippen molar-refractivity contribution >= 4 is 18.0 Å². The number of carboxylic acids is 1. The van der Waals surface area contributed by atoms with Gasteiger partial charge in [0.15, 0.2) is 5.69 Å². The minimum Gasteiger partial charge on any atom is -0.478 e. The molecule has 0 spiro atoms. The Morgan fingerprint density at radius 2 is 2.19 bits per heavy atom. The van der Waals surface area contributed by atoms with Crippen molar-refractivity contribution in [1.82, 2.24) is 4.98 Å². The van der Waals surface area contributed by atoms with Crippen molar-refractivity contribution in [2.75, 3.05) is 7.11 Å². The second kappa shape index (κ2) is 5.06. The number of hydrogen-bond acceptors (Lipinski definition) is 4. The van der Waals surface area contributed by atoms with Crippen LogP contribution in [-0.2, 0) is 9.53 Å². The van der Waals surface area contributed by atoms with E-state index in [9.17, 15) is 9.59 Å². The molecule has 0 aromatic carbocycles. The lowest BCUT2D eigenvalue weighted by molar-refractivity contribution is -0.131. The molecular formula is C11H11NO4. The number of aromatic nitrogens is 1. The van der Waals surface area contributed by atoms with Crippen LogP contribution in [-0.4, -0.2) is 29.1 Å². The first-order valence-electron chi connectivity index (χ1n) is 4.50. The summed E-state index contributed by atoms with van der Waals surface area (Å²) in [5.74, 6) is -1.54. The van der Waals surface area contributed by atoms with Gasteiger partial charge in [0.25, 0.3) is 0 Å². The Morgan fingerprint density at radius 1 is 1.50 bits per heavy atom. The van der Waals surface area contributed by atoms with Crippen LogP contribution in [0.25, 0.3) is 6.08 Å². The largest absolute Gasteiger partial charge is 0.478 e. The Hall–Kier alpha value is -2.17. The van der Waals surface area contributed by atoms with Crippen LogP contribution in [0.5, 0.6) is 0 Å². The van der Waals surface area contributed by atoms with E-state index in [0.717, 1.165) is 6.08 Å². The molecule has 5 heteroatoms. The maximum Gasteiger partial charge on any atom is 0.356 e. The Labute approximate surface area is 92.4 Å². The number of rotatable bonds is 3. The molecule has 0 fully saturated rings. The summed E-state index contributed by atoms with van der Waals surface area (Å²) in [5, 5.41) is 8.44. The predicted molar refractivity (Wildman–Crippen MR) is 57.0 cm³/mol. The number of ether oxygens (including phenoxy) is 1. The van der Waals surface area contributed by atoms with Crippen molar-refractivity contribution in [3.05, 3.63) is 35.2 Å². The van der Waals surface area contributed by atoms with Crippen LogP contribution >= 0.6 is 0 Å². The highest BCUT2D eigenvalue weighted by molar-refractivity contribution is 5.89. The zero-order valence-corrected chi connectivity index (χ0v) is 8.93. The number of hydrogen-bond donors (Lipinski definition) is 1. The summed E-state index contributed by atoms with van der Waals surface area (Å²) in [4.78, 5) is 25.4. The molecule has 0 saturated carbocycles. The summed E-state index contributed by atoms with van der Waals surface area (Å²) < 4.78 is 4.54. The van der Waals surface area contributed by atoms with Crippen LogP contribution in [0.3, 0.4) is 0 Å². The molecule has 0 atom stereocenters. The molecule has 1 heterocycles.